The number of aliphatic hydroxyl groups excluding tert-OH is 2. The standard InChI is InChI=1S/C27H28Cl2N2O5/c1-16(33)23(14-32)31-25(21-12-11-18(28)13-22(21)29)24(19-9-5-6-10-20(19)27(31)35)26(34)30-36-15-17-7-3-2-4-8-17/h2-13,16,19-20,23-25,32-33H,14-15H2,1H3,(H,30,34)/t16-,19?,20?,23+,24?,25?/m0/s1. The normalized spacial score (nSPS) is 24.8. The van der Waals surface area contributed by atoms with Crippen LogP contribution in [0.1, 0.15) is 24.1 Å². The minimum absolute atomic E-state index is 0.158. The van der Waals surface area contributed by atoms with Crippen molar-refractivity contribution >= 4 is 35.0 Å². The summed E-state index contributed by atoms with van der Waals surface area (Å²) >= 11 is 12.7. The molecular weight excluding hydrogens is 503 g/mol. The molecule has 1 saturated heterocycles. The number of nitrogens with one attached hydrogen (secondary N) is 1. The third-order valence-electron chi connectivity index (χ3n) is 6.71. The monoisotopic (exact) mass is 530 g/mol. The summed E-state index contributed by atoms with van der Waals surface area (Å²) in [6.07, 6.45) is 6.05. The number of carbonyl (C=O) groups is 2. The van der Waals surface area contributed by atoms with Gasteiger partial charge in [0, 0.05) is 16.0 Å². The van der Waals surface area contributed by atoms with Crippen LogP contribution in [-0.4, -0.2) is 45.7 Å². The van der Waals surface area contributed by atoms with Crippen molar-refractivity contribution in [3.05, 3.63) is 94.0 Å². The van der Waals surface area contributed by atoms with Gasteiger partial charge in [-0.25, -0.2) is 5.48 Å². The van der Waals surface area contributed by atoms with Crippen molar-refractivity contribution in [2.75, 3.05) is 6.61 Å². The van der Waals surface area contributed by atoms with Gasteiger partial charge >= 0.3 is 0 Å². The number of fused-ring (bicyclic) bond motifs is 1. The van der Waals surface area contributed by atoms with E-state index in [1.165, 1.54) is 11.8 Å². The van der Waals surface area contributed by atoms with Crippen LogP contribution in [0, 0.1) is 17.8 Å². The number of hydroxylamine groups is 1. The fraction of sp³-hybridized carbons (Fsp3) is 0.333. The van der Waals surface area contributed by atoms with E-state index < -0.39 is 48.5 Å². The highest BCUT2D eigenvalue weighted by molar-refractivity contribution is 6.35. The maximum atomic E-state index is 13.8. The minimum Gasteiger partial charge on any atom is -0.394 e. The lowest BCUT2D eigenvalue weighted by Gasteiger charge is -2.50. The van der Waals surface area contributed by atoms with Gasteiger partial charge in [0.1, 0.15) is 0 Å². The van der Waals surface area contributed by atoms with E-state index in [4.69, 9.17) is 28.0 Å². The Morgan fingerprint density at radius 3 is 2.53 bits per heavy atom. The molecule has 7 nitrogen and oxygen atoms in total. The Morgan fingerprint density at radius 1 is 1.14 bits per heavy atom. The van der Waals surface area contributed by atoms with Crippen molar-refractivity contribution in [2.24, 2.45) is 17.8 Å². The Balaban J connectivity index is 1.76. The first-order valence-corrected chi connectivity index (χ1v) is 12.5. The summed E-state index contributed by atoms with van der Waals surface area (Å²) in [6.45, 7) is 1.15. The Hall–Kier alpha value is -2.68. The number of amides is 2. The van der Waals surface area contributed by atoms with E-state index in [1.807, 2.05) is 36.4 Å². The van der Waals surface area contributed by atoms with Gasteiger partial charge in [-0.3, -0.25) is 14.4 Å². The van der Waals surface area contributed by atoms with Crippen LogP contribution in [0.4, 0.5) is 0 Å². The van der Waals surface area contributed by atoms with Crippen LogP contribution in [0.25, 0.3) is 0 Å². The zero-order chi connectivity index (χ0) is 25.8. The number of likely N-dealkylation sites (tertiary alicyclic amines) is 1. The molecule has 3 N–H and O–H groups in total. The molecule has 1 heterocycles. The van der Waals surface area contributed by atoms with Crippen molar-refractivity contribution in [2.45, 2.75) is 31.7 Å². The molecule has 0 radical (unpaired) electrons. The molecule has 2 aromatic rings. The predicted molar refractivity (Wildman–Crippen MR) is 137 cm³/mol. The summed E-state index contributed by atoms with van der Waals surface area (Å²) in [6, 6.07) is 12.4. The van der Waals surface area contributed by atoms with E-state index >= 15 is 0 Å². The largest absolute Gasteiger partial charge is 0.394 e. The Bertz CT molecular complexity index is 1150. The molecule has 1 aliphatic heterocycles. The molecule has 2 amide bonds. The second-order valence-corrected chi connectivity index (χ2v) is 9.83. The molecule has 0 aromatic heterocycles. The lowest BCUT2D eigenvalue weighted by atomic mass is 9.68. The second-order valence-electron chi connectivity index (χ2n) is 8.99. The average Bonchev–Trinajstić information content (AvgIpc) is 2.86. The minimum atomic E-state index is -1.06. The van der Waals surface area contributed by atoms with Gasteiger partial charge in [0.15, 0.2) is 0 Å². The van der Waals surface area contributed by atoms with Crippen molar-refractivity contribution in [3.8, 4) is 0 Å². The number of hydrogen-bond acceptors (Lipinski definition) is 5. The third kappa shape index (κ3) is 5.36. The molecule has 2 aliphatic rings. The van der Waals surface area contributed by atoms with Gasteiger partial charge in [-0.2, -0.15) is 0 Å². The van der Waals surface area contributed by atoms with Gasteiger partial charge in [0.25, 0.3) is 0 Å². The Kier molecular flexibility index (Phi) is 8.49. The molecule has 0 bridgehead atoms. The van der Waals surface area contributed by atoms with Crippen molar-refractivity contribution < 1.29 is 24.6 Å². The molecule has 0 saturated carbocycles. The number of allylic oxidation sites excluding steroid dienone is 3. The molecular formula is C27H28Cl2N2O5. The van der Waals surface area contributed by atoms with Gasteiger partial charge in [0.2, 0.25) is 11.8 Å². The highest BCUT2D eigenvalue weighted by atomic mass is 35.5. The first-order chi connectivity index (χ1) is 17.3. The van der Waals surface area contributed by atoms with E-state index in [0.717, 1.165) is 5.56 Å². The van der Waals surface area contributed by atoms with Crippen molar-refractivity contribution in [3.63, 3.8) is 0 Å². The van der Waals surface area contributed by atoms with Crippen LogP contribution in [0.5, 0.6) is 0 Å². The van der Waals surface area contributed by atoms with Crippen LogP contribution < -0.4 is 5.48 Å². The van der Waals surface area contributed by atoms with E-state index in [1.54, 1.807) is 36.4 Å². The predicted octanol–water partition coefficient (Wildman–Crippen LogP) is 3.84. The van der Waals surface area contributed by atoms with Crippen LogP contribution in [0.15, 0.2) is 72.8 Å². The molecule has 2 aromatic carbocycles. The number of nitrogens with zero attached hydrogens (tertiary/aromatic N) is 1. The first kappa shape index (κ1) is 26.4. The van der Waals surface area contributed by atoms with Crippen molar-refractivity contribution in [1.82, 2.24) is 10.4 Å². The van der Waals surface area contributed by atoms with Gasteiger partial charge in [-0.15, -0.1) is 0 Å². The molecule has 9 heteroatoms. The quantitative estimate of drug-likeness (QED) is 0.450. The number of halogens is 2. The molecule has 6 atom stereocenters. The Labute approximate surface area is 219 Å². The molecule has 0 spiro atoms. The molecule has 1 fully saturated rings. The van der Waals surface area contributed by atoms with E-state index in [-0.39, 0.29) is 17.5 Å². The second kappa shape index (κ2) is 11.6. The van der Waals surface area contributed by atoms with Gasteiger partial charge in [0.05, 0.1) is 43.2 Å². The summed E-state index contributed by atoms with van der Waals surface area (Å²) in [5, 5.41) is 21.3. The highest BCUT2D eigenvalue weighted by Gasteiger charge is 2.53. The van der Waals surface area contributed by atoms with Crippen LogP contribution in [-0.2, 0) is 21.0 Å². The fourth-order valence-corrected chi connectivity index (χ4v) is 5.51. The fourth-order valence-electron chi connectivity index (χ4n) is 4.99. The third-order valence-corrected chi connectivity index (χ3v) is 7.27. The molecule has 36 heavy (non-hydrogen) atoms. The maximum absolute atomic E-state index is 13.8. The summed E-state index contributed by atoms with van der Waals surface area (Å²) < 4.78 is 0. The van der Waals surface area contributed by atoms with Crippen LogP contribution in [0.3, 0.4) is 0 Å². The smallest absolute Gasteiger partial charge is 0.249 e. The summed E-state index contributed by atoms with van der Waals surface area (Å²) in [4.78, 5) is 34.4. The molecule has 4 unspecified atom stereocenters. The topological polar surface area (TPSA) is 99.1 Å². The summed E-state index contributed by atoms with van der Waals surface area (Å²) in [5.74, 6) is -2.75. The summed E-state index contributed by atoms with van der Waals surface area (Å²) in [7, 11) is 0. The summed E-state index contributed by atoms with van der Waals surface area (Å²) in [5.41, 5.74) is 3.92. The number of piperidine rings is 1. The van der Waals surface area contributed by atoms with E-state index in [2.05, 4.69) is 5.48 Å². The highest BCUT2D eigenvalue weighted by Crippen LogP contribution is 2.48. The number of aliphatic hydroxyl groups is 2. The van der Waals surface area contributed by atoms with Crippen molar-refractivity contribution in [1.29, 1.82) is 0 Å². The van der Waals surface area contributed by atoms with Gasteiger partial charge in [-0.1, -0.05) is 83.9 Å². The number of benzene rings is 2. The number of carbonyl (C=O) groups excluding carboxylic acids is 2. The van der Waals surface area contributed by atoms with E-state index in [9.17, 15) is 19.8 Å². The lowest BCUT2D eigenvalue weighted by Crippen LogP contribution is -2.61. The average molecular weight is 531 g/mol. The molecule has 190 valence electrons. The lowest BCUT2D eigenvalue weighted by molar-refractivity contribution is -0.163. The van der Waals surface area contributed by atoms with Gasteiger partial charge < -0.3 is 15.1 Å². The van der Waals surface area contributed by atoms with E-state index in [0.29, 0.717) is 10.6 Å². The zero-order valence-electron chi connectivity index (χ0n) is 19.6. The SMILES string of the molecule is C[C@H](O)[C@@H](CO)N1C(=O)C2C=CC=CC2C(C(=O)NOCc2ccccc2)C1c1ccc(Cl)cc1Cl. The maximum Gasteiger partial charge on any atom is 0.249 e. The number of hydrogen-bond donors (Lipinski definition) is 3. The Morgan fingerprint density at radius 2 is 1.86 bits per heavy atom. The molecule has 4 rings (SSSR count). The molecule has 1 aliphatic carbocycles. The number of rotatable bonds is 8. The zero-order valence-corrected chi connectivity index (χ0v) is 21.1. The van der Waals surface area contributed by atoms with Crippen LogP contribution in [0.2, 0.25) is 10.0 Å². The van der Waals surface area contributed by atoms with Gasteiger partial charge in [-0.05, 0) is 30.2 Å². The van der Waals surface area contributed by atoms with Crippen LogP contribution >= 0.6 is 23.2 Å². The first-order valence-electron chi connectivity index (χ1n) is 11.7.